The Labute approximate surface area is 114 Å². The van der Waals surface area contributed by atoms with Gasteiger partial charge in [0.1, 0.15) is 0 Å². The smallest absolute Gasteiger partial charge is 0.243 e. The Hall–Kier alpha value is -1.11. The van der Waals surface area contributed by atoms with E-state index in [-0.39, 0.29) is 10.9 Å². The molecule has 1 fully saturated rings. The molecule has 2 N–H and O–H groups in total. The van der Waals surface area contributed by atoms with Gasteiger partial charge in [0.15, 0.2) is 0 Å². The average Bonchev–Trinajstić information content (AvgIpc) is 2.41. The molecule has 5 nitrogen and oxygen atoms in total. The van der Waals surface area contributed by atoms with Crippen LogP contribution in [0.25, 0.3) is 0 Å². The maximum Gasteiger partial charge on any atom is 0.243 e. The molecule has 1 aliphatic heterocycles. The third-order valence-corrected chi connectivity index (χ3v) is 5.45. The molecule has 1 aromatic carbocycles. The molecule has 1 unspecified atom stereocenters. The standard InChI is InChI=1S/C13H20N2O3S/c1-3-11-9-18-7-6-15(11)19(16,17)12-5-4-10(2)13(14)8-12/h4-5,8,11H,3,6-7,9,14H2,1-2H3. The fourth-order valence-corrected chi connectivity index (χ4v) is 3.90. The number of nitrogen functional groups attached to an aromatic ring is 1. The minimum atomic E-state index is -3.49. The quantitative estimate of drug-likeness (QED) is 0.851. The molecule has 0 saturated carbocycles. The van der Waals surface area contributed by atoms with Crippen LogP contribution in [0.5, 0.6) is 0 Å². The van der Waals surface area contributed by atoms with E-state index in [1.54, 1.807) is 12.1 Å². The van der Waals surface area contributed by atoms with Crippen LogP contribution in [-0.4, -0.2) is 38.5 Å². The average molecular weight is 284 g/mol. The molecular weight excluding hydrogens is 264 g/mol. The van der Waals surface area contributed by atoms with E-state index in [1.165, 1.54) is 10.4 Å². The van der Waals surface area contributed by atoms with Crippen molar-refractivity contribution in [1.82, 2.24) is 4.31 Å². The maximum absolute atomic E-state index is 12.6. The SMILES string of the molecule is CCC1COCCN1S(=O)(=O)c1ccc(C)c(N)c1. The molecule has 1 aliphatic rings. The van der Waals surface area contributed by atoms with Crippen molar-refractivity contribution in [3.63, 3.8) is 0 Å². The van der Waals surface area contributed by atoms with E-state index >= 15 is 0 Å². The Bertz CT molecular complexity index is 557. The van der Waals surface area contributed by atoms with Gasteiger partial charge in [-0.15, -0.1) is 0 Å². The first-order chi connectivity index (χ1) is 8.96. The zero-order valence-electron chi connectivity index (χ0n) is 11.3. The Morgan fingerprint density at radius 1 is 1.47 bits per heavy atom. The number of aryl methyl sites for hydroxylation is 1. The van der Waals surface area contributed by atoms with Crippen molar-refractivity contribution < 1.29 is 13.2 Å². The summed E-state index contributed by atoms with van der Waals surface area (Å²) in [4.78, 5) is 0.260. The zero-order valence-corrected chi connectivity index (χ0v) is 12.1. The minimum Gasteiger partial charge on any atom is -0.398 e. The molecule has 0 spiro atoms. The number of rotatable bonds is 3. The summed E-state index contributed by atoms with van der Waals surface area (Å²) in [7, 11) is -3.49. The predicted octanol–water partition coefficient (Wildman–Crippen LogP) is 1.38. The van der Waals surface area contributed by atoms with E-state index in [1.807, 2.05) is 13.8 Å². The molecule has 0 amide bonds. The van der Waals surface area contributed by atoms with Crippen LogP contribution in [0.3, 0.4) is 0 Å². The van der Waals surface area contributed by atoms with Crippen LogP contribution in [0.2, 0.25) is 0 Å². The number of morpholine rings is 1. The number of benzene rings is 1. The van der Waals surface area contributed by atoms with Gasteiger partial charge >= 0.3 is 0 Å². The normalized spacial score (nSPS) is 21.5. The van der Waals surface area contributed by atoms with Gasteiger partial charge in [0.25, 0.3) is 0 Å². The van der Waals surface area contributed by atoms with Crippen molar-refractivity contribution in [1.29, 1.82) is 0 Å². The summed E-state index contributed by atoms with van der Waals surface area (Å²) < 4.78 is 32.1. The van der Waals surface area contributed by atoms with Gasteiger partial charge in [0.2, 0.25) is 10.0 Å². The molecule has 6 heteroatoms. The zero-order chi connectivity index (χ0) is 14.0. The Morgan fingerprint density at radius 3 is 2.84 bits per heavy atom. The lowest BCUT2D eigenvalue weighted by Crippen LogP contribution is -2.48. The van der Waals surface area contributed by atoms with Gasteiger partial charge in [0, 0.05) is 18.3 Å². The first kappa shape index (κ1) is 14.3. The molecule has 1 saturated heterocycles. The molecule has 0 aliphatic carbocycles. The number of nitrogens with zero attached hydrogens (tertiary/aromatic N) is 1. The van der Waals surface area contributed by atoms with E-state index < -0.39 is 10.0 Å². The number of ether oxygens (including phenoxy) is 1. The van der Waals surface area contributed by atoms with Crippen LogP contribution in [0.1, 0.15) is 18.9 Å². The van der Waals surface area contributed by atoms with Crippen molar-refractivity contribution in [3.8, 4) is 0 Å². The molecule has 1 atom stereocenters. The Kier molecular flexibility index (Phi) is 4.13. The van der Waals surface area contributed by atoms with Crippen molar-refractivity contribution >= 4 is 15.7 Å². The van der Waals surface area contributed by atoms with E-state index in [0.717, 1.165) is 12.0 Å². The third-order valence-electron chi connectivity index (χ3n) is 3.50. The molecule has 2 rings (SSSR count). The summed E-state index contributed by atoms with van der Waals surface area (Å²) in [6.07, 6.45) is 0.737. The highest BCUT2D eigenvalue weighted by Gasteiger charge is 2.33. The van der Waals surface area contributed by atoms with Crippen LogP contribution < -0.4 is 5.73 Å². The second-order valence-electron chi connectivity index (χ2n) is 4.77. The van der Waals surface area contributed by atoms with Gasteiger partial charge in [0.05, 0.1) is 18.1 Å². The van der Waals surface area contributed by atoms with E-state index in [9.17, 15) is 8.42 Å². The monoisotopic (exact) mass is 284 g/mol. The lowest BCUT2D eigenvalue weighted by Gasteiger charge is -2.34. The number of hydrogen-bond acceptors (Lipinski definition) is 4. The summed E-state index contributed by atoms with van der Waals surface area (Å²) >= 11 is 0. The molecule has 19 heavy (non-hydrogen) atoms. The summed E-state index contributed by atoms with van der Waals surface area (Å²) in [6.45, 7) is 5.11. The molecule has 1 heterocycles. The van der Waals surface area contributed by atoms with E-state index in [4.69, 9.17) is 10.5 Å². The number of sulfonamides is 1. The van der Waals surface area contributed by atoms with E-state index in [2.05, 4.69) is 0 Å². The van der Waals surface area contributed by atoms with Gasteiger partial charge < -0.3 is 10.5 Å². The van der Waals surface area contributed by atoms with Crippen LogP contribution in [-0.2, 0) is 14.8 Å². The van der Waals surface area contributed by atoms with Crippen molar-refractivity contribution in [3.05, 3.63) is 23.8 Å². The van der Waals surface area contributed by atoms with E-state index in [0.29, 0.717) is 25.4 Å². The first-order valence-corrected chi connectivity index (χ1v) is 7.86. The fourth-order valence-electron chi connectivity index (χ4n) is 2.19. The van der Waals surface area contributed by atoms with Crippen molar-refractivity contribution in [2.24, 2.45) is 0 Å². The second-order valence-corrected chi connectivity index (χ2v) is 6.66. The fraction of sp³-hybridized carbons (Fsp3) is 0.538. The number of nitrogens with two attached hydrogens (primary N) is 1. The first-order valence-electron chi connectivity index (χ1n) is 6.42. The van der Waals surface area contributed by atoms with Crippen LogP contribution in [0.15, 0.2) is 23.1 Å². The minimum absolute atomic E-state index is 0.0960. The lowest BCUT2D eigenvalue weighted by atomic mass is 10.2. The molecule has 106 valence electrons. The van der Waals surface area contributed by atoms with Gasteiger partial charge in [-0.25, -0.2) is 8.42 Å². The van der Waals surface area contributed by atoms with Crippen LogP contribution in [0, 0.1) is 6.92 Å². The second kappa shape index (κ2) is 5.48. The molecule has 1 aromatic rings. The Balaban J connectivity index is 2.37. The predicted molar refractivity (Wildman–Crippen MR) is 74.4 cm³/mol. The molecule has 0 bridgehead atoms. The van der Waals surface area contributed by atoms with Gasteiger partial charge in [-0.2, -0.15) is 4.31 Å². The summed E-state index contributed by atoms with van der Waals surface area (Å²) in [6, 6.07) is 4.79. The van der Waals surface area contributed by atoms with Crippen LogP contribution >= 0.6 is 0 Å². The lowest BCUT2D eigenvalue weighted by molar-refractivity contribution is 0.0314. The largest absolute Gasteiger partial charge is 0.398 e. The van der Waals surface area contributed by atoms with Crippen LogP contribution in [0.4, 0.5) is 5.69 Å². The number of hydrogen-bond donors (Lipinski definition) is 1. The third kappa shape index (κ3) is 2.75. The Morgan fingerprint density at radius 2 is 2.21 bits per heavy atom. The topological polar surface area (TPSA) is 72.6 Å². The molecule has 0 aromatic heterocycles. The number of anilines is 1. The van der Waals surface area contributed by atoms with Gasteiger partial charge in [-0.05, 0) is 31.0 Å². The highest BCUT2D eigenvalue weighted by molar-refractivity contribution is 7.89. The summed E-state index contributed by atoms with van der Waals surface area (Å²) in [5.74, 6) is 0. The van der Waals surface area contributed by atoms with Crippen molar-refractivity contribution in [2.75, 3.05) is 25.5 Å². The highest BCUT2D eigenvalue weighted by Crippen LogP contribution is 2.24. The summed E-state index contributed by atoms with van der Waals surface area (Å²) in [5.41, 5.74) is 7.19. The van der Waals surface area contributed by atoms with Gasteiger partial charge in [-0.3, -0.25) is 0 Å². The van der Waals surface area contributed by atoms with Crippen molar-refractivity contribution in [2.45, 2.75) is 31.2 Å². The molecule has 0 radical (unpaired) electrons. The summed E-state index contributed by atoms with van der Waals surface area (Å²) in [5, 5.41) is 0. The van der Waals surface area contributed by atoms with Gasteiger partial charge in [-0.1, -0.05) is 13.0 Å². The molecular formula is C13H20N2O3S. The maximum atomic E-state index is 12.6. The highest BCUT2D eigenvalue weighted by atomic mass is 32.2.